The van der Waals surface area contributed by atoms with Crippen LogP contribution in [0.25, 0.3) is 10.9 Å². The molecule has 3 rings (SSSR count). The predicted molar refractivity (Wildman–Crippen MR) is 90.9 cm³/mol. The number of halogens is 1. The number of para-hydroxylation sites is 1. The van der Waals surface area contributed by atoms with E-state index in [1.165, 1.54) is 25.5 Å². The van der Waals surface area contributed by atoms with Crippen molar-refractivity contribution in [3.05, 3.63) is 65.6 Å². The summed E-state index contributed by atoms with van der Waals surface area (Å²) < 4.78 is 20.3. The zero-order valence-corrected chi connectivity index (χ0v) is 13.3. The molecule has 6 heteroatoms. The van der Waals surface area contributed by atoms with Crippen LogP contribution in [0.1, 0.15) is 15.9 Å². The van der Waals surface area contributed by atoms with Crippen molar-refractivity contribution in [3.63, 3.8) is 0 Å². The van der Waals surface area contributed by atoms with E-state index < -0.39 is 5.82 Å². The van der Waals surface area contributed by atoms with E-state index in [0.717, 1.165) is 10.9 Å². The molecule has 3 aromatic rings. The van der Waals surface area contributed by atoms with Crippen LogP contribution in [-0.2, 0) is 7.05 Å². The van der Waals surface area contributed by atoms with Crippen molar-refractivity contribution in [2.45, 2.75) is 0 Å². The summed E-state index contributed by atoms with van der Waals surface area (Å²) in [5.41, 5.74) is 4.48. The van der Waals surface area contributed by atoms with E-state index in [-0.39, 0.29) is 11.7 Å². The standard InChI is InChI=1S/C18H16FN3O2/c1-22-11-14(13-5-3-4-6-16(13)22)18(23)21-20-10-12-7-8-17(24-2)15(19)9-12/h3-11H,1-2H3,(H,21,23)/b20-10-. The summed E-state index contributed by atoms with van der Waals surface area (Å²) in [4.78, 5) is 12.3. The summed E-state index contributed by atoms with van der Waals surface area (Å²) in [6.45, 7) is 0. The number of hydrogen-bond acceptors (Lipinski definition) is 3. The van der Waals surface area contributed by atoms with Crippen LogP contribution in [0.15, 0.2) is 53.8 Å². The van der Waals surface area contributed by atoms with E-state index in [4.69, 9.17) is 4.74 Å². The zero-order valence-electron chi connectivity index (χ0n) is 13.3. The van der Waals surface area contributed by atoms with Gasteiger partial charge in [0.25, 0.3) is 5.91 Å². The van der Waals surface area contributed by atoms with Gasteiger partial charge in [0.1, 0.15) is 0 Å². The first-order valence-electron chi connectivity index (χ1n) is 7.31. The van der Waals surface area contributed by atoms with Crippen LogP contribution in [-0.4, -0.2) is 23.8 Å². The lowest BCUT2D eigenvalue weighted by Crippen LogP contribution is -2.17. The van der Waals surface area contributed by atoms with Gasteiger partial charge in [-0.15, -0.1) is 0 Å². The second-order valence-electron chi connectivity index (χ2n) is 5.26. The summed E-state index contributed by atoms with van der Waals surface area (Å²) in [5, 5.41) is 4.74. The minimum Gasteiger partial charge on any atom is -0.494 e. The highest BCUT2D eigenvalue weighted by Crippen LogP contribution is 2.20. The molecular formula is C18H16FN3O2. The Kier molecular flexibility index (Phi) is 4.29. The van der Waals surface area contributed by atoms with E-state index in [1.54, 1.807) is 12.3 Å². The van der Waals surface area contributed by atoms with Crippen LogP contribution < -0.4 is 10.2 Å². The fourth-order valence-electron chi connectivity index (χ4n) is 2.51. The smallest absolute Gasteiger partial charge is 0.273 e. The first-order valence-corrected chi connectivity index (χ1v) is 7.31. The van der Waals surface area contributed by atoms with Gasteiger partial charge in [0, 0.05) is 24.1 Å². The number of rotatable bonds is 4. The second-order valence-corrected chi connectivity index (χ2v) is 5.26. The van der Waals surface area contributed by atoms with Crippen molar-refractivity contribution in [1.82, 2.24) is 9.99 Å². The Morgan fingerprint density at radius 1 is 1.29 bits per heavy atom. The first-order chi connectivity index (χ1) is 11.6. The summed E-state index contributed by atoms with van der Waals surface area (Å²) in [6.07, 6.45) is 3.13. The van der Waals surface area contributed by atoms with E-state index >= 15 is 0 Å². The highest BCUT2D eigenvalue weighted by Gasteiger charge is 2.12. The molecule has 0 radical (unpaired) electrons. The van der Waals surface area contributed by atoms with Crippen molar-refractivity contribution in [1.29, 1.82) is 0 Å². The fourth-order valence-corrected chi connectivity index (χ4v) is 2.51. The summed E-state index contributed by atoms with van der Waals surface area (Å²) in [6, 6.07) is 12.1. The Morgan fingerprint density at radius 2 is 2.08 bits per heavy atom. The van der Waals surface area contributed by atoms with Crippen LogP contribution >= 0.6 is 0 Å². The Labute approximate surface area is 138 Å². The number of aromatic nitrogens is 1. The number of benzene rings is 2. The topological polar surface area (TPSA) is 55.6 Å². The largest absolute Gasteiger partial charge is 0.494 e. The molecule has 0 aliphatic rings. The maximum atomic E-state index is 13.6. The van der Waals surface area contributed by atoms with Crippen molar-refractivity contribution in [2.75, 3.05) is 7.11 Å². The van der Waals surface area contributed by atoms with Crippen LogP contribution in [0, 0.1) is 5.82 Å². The van der Waals surface area contributed by atoms with Gasteiger partial charge in [-0.2, -0.15) is 5.10 Å². The molecule has 1 aromatic heterocycles. The third kappa shape index (κ3) is 2.99. The maximum absolute atomic E-state index is 13.6. The van der Waals surface area contributed by atoms with E-state index in [9.17, 15) is 9.18 Å². The average molecular weight is 325 g/mol. The molecule has 0 saturated heterocycles. The number of carbonyl (C=O) groups excluding carboxylic acids is 1. The number of nitrogens with zero attached hydrogens (tertiary/aromatic N) is 2. The van der Waals surface area contributed by atoms with Gasteiger partial charge in [0.05, 0.1) is 18.9 Å². The molecule has 0 aliphatic carbocycles. The number of hydrogen-bond donors (Lipinski definition) is 1. The van der Waals surface area contributed by atoms with Crippen molar-refractivity contribution in [2.24, 2.45) is 12.1 Å². The number of hydrazone groups is 1. The zero-order chi connectivity index (χ0) is 17.1. The van der Waals surface area contributed by atoms with Crippen molar-refractivity contribution < 1.29 is 13.9 Å². The molecule has 0 unspecified atom stereocenters. The van der Waals surface area contributed by atoms with Gasteiger partial charge in [0.15, 0.2) is 11.6 Å². The predicted octanol–water partition coefficient (Wildman–Crippen LogP) is 3.09. The van der Waals surface area contributed by atoms with Crippen molar-refractivity contribution in [3.8, 4) is 5.75 Å². The third-order valence-electron chi connectivity index (χ3n) is 3.70. The number of nitrogens with one attached hydrogen (secondary N) is 1. The lowest BCUT2D eigenvalue weighted by atomic mass is 10.2. The van der Waals surface area contributed by atoms with Gasteiger partial charge in [0.2, 0.25) is 0 Å². The molecule has 1 N–H and O–H groups in total. The highest BCUT2D eigenvalue weighted by molar-refractivity contribution is 6.07. The Morgan fingerprint density at radius 3 is 2.83 bits per heavy atom. The van der Waals surface area contributed by atoms with Crippen LogP contribution in [0.5, 0.6) is 5.75 Å². The normalized spacial score (nSPS) is 11.1. The molecule has 0 aliphatic heterocycles. The Bertz CT molecular complexity index is 931. The number of amides is 1. The summed E-state index contributed by atoms with van der Waals surface area (Å²) >= 11 is 0. The lowest BCUT2D eigenvalue weighted by Gasteiger charge is -2.02. The van der Waals surface area contributed by atoms with E-state index in [2.05, 4.69) is 10.5 Å². The molecule has 5 nitrogen and oxygen atoms in total. The number of ether oxygens (including phenoxy) is 1. The molecule has 0 atom stereocenters. The highest BCUT2D eigenvalue weighted by atomic mass is 19.1. The van der Waals surface area contributed by atoms with Gasteiger partial charge in [-0.25, -0.2) is 9.82 Å². The Balaban J connectivity index is 1.76. The number of aryl methyl sites for hydroxylation is 1. The lowest BCUT2D eigenvalue weighted by molar-refractivity contribution is 0.0956. The van der Waals surface area contributed by atoms with Crippen molar-refractivity contribution >= 4 is 23.0 Å². The quantitative estimate of drug-likeness (QED) is 0.592. The maximum Gasteiger partial charge on any atom is 0.273 e. The molecule has 0 spiro atoms. The van der Waals surface area contributed by atoms with Crippen LogP contribution in [0.3, 0.4) is 0 Å². The summed E-state index contributed by atoms with van der Waals surface area (Å²) in [7, 11) is 3.28. The van der Waals surface area contributed by atoms with Crippen LogP contribution in [0.2, 0.25) is 0 Å². The number of carbonyl (C=O) groups is 1. The SMILES string of the molecule is COc1ccc(/C=N\NC(=O)c2cn(C)c3ccccc23)cc1F. The molecule has 1 heterocycles. The monoisotopic (exact) mass is 325 g/mol. The van der Waals surface area contributed by atoms with E-state index in [0.29, 0.717) is 11.1 Å². The van der Waals surface area contributed by atoms with Gasteiger partial charge in [-0.05, 0) is 29.8 Å². The minimum atomic E-state index is -0.484. The minimum absolute atomic E-state index is 0.159. The molecule has 0 fully saturated rings. The molecule has 0 bridgehead atoms. The number of methoxy groups -OCH3 is 1. The van der Waals surface area contributed by atoms with E-state index in [1.807, 2.05) is 35.9 Å². The molecule has 122 valence electrons. The number of fused-ring (bicyclic) bond motifs is 1. The van der Waals surface area contributed by atoms with Gasteiger partial charge >= 0.3 is 0 Å². The molecule has 24 heavy (non-hydrogen) atoms. The Hall–Kier alpha value is -3.15. The van der Waals surface area contributed by atoms with Gasteiger partial charge in [-0.3, -0.25) is 4.79 Å². The third-order valence-corrected chi connectivity index (χ3v) is 3.70. The second kappa shape index (κ2) is 6.54. The molecular weight excluding hydrogens is 309 g/mol. The molecule has 0 saturated carbocycles. The molecule has 1 amide bonds. The average Bonchev–Trinajstić information content (AvgIpc) is 2.92. The summed E-state index contributed by atoms with van der Waals surface area (Å²) in [5.74, 6) is -0.647. The van der Waals surface area contributed by atoms with Crippen LogP contribution in [0.4, 0.5) is 4.39 Å². The first kappa shape index (κ1) is 15.7. The van der Waals surface area contributed by atoms with Gasteiger partial charge < -0.3 is 9.30 Å². The fraction of sp³-hybridized carbons (Fsp3) is 0.111. The van der Waals surface area contributed by atoms with Gasteiger partial charge in [-0.1, -0.05) is 18.2 Å². The molecule has 2 aromatic carbocycles.